The van der Waals surface area contributed by atoms with E-state index in [-0.39, 0.29) is 37.5 Å². The van der Waals surface area contributed by atoms with Gasteiger partial charge in [-0.05, 0) is 45.2 Å². The van der Waals surface area contributed by atoms with Crippen molar-refractivity contribution in [2.45, 2.75) is 61.6 Å². The Bertz CT molecular complexity index is 1030. The Kier molecular flexibility index (Phi) is 7.28. The minimum Gasteiger partial charge on any atom is -0.466 e. The average Bonchev–Trinajstić information content (AvgIpc) is 3.40. The number of benzene rings is 1. The summed E-state index contributed by atoms with van der Waals surface area (Å²) in [6, 6.07) is 5.70. The lowest BCUT2D eigenvalue weighted by Crippen LogP contribution is -2.57. The Morgan fingerprint density at radius 2 is 2.09 bits per heavy atom. The number of likely N-dealkylation sites (tertiary alicyclic amines) is 1. The highest BCUT2D eigenvalue weighted by atomic mass is 35.5. The highest BCUT2D eigenvalue weighted by Crippen LogP contribution is 2.71. The van der Waals surface area contributed by atoms with Crippen molar-refractivity contribution in [3.63, 3.8) is 0 Å². The summed E-state index contributed by atoms with van der Waals surface area (Å²) in [6.07, 6.45) is 3.43. The van der Waals surface area contributed by atoms with Crippen LogP contribution in [0.3, 0.4) is 0 Å². The predicted octanol–water partition coefficient (Wildman–Crippen LogP) is 3.67. The molecule has 2 bridgehead atoms. The monoisotopic (exact) mass is 520 g/mol. The summed E-state index contributed by atoms with van der Waals surface area (Å²) in [5.74, 6) is -2.24. The average molecular weight is 521 g/mol. The molecule has 9 heteroatoms. The van der Waals surface area contributed by atoms with Crippen LogP contribution < -0.4 is 4.90 Å². The number of nitrogens with zero attached hydrogens (tertiary/aromatic N) is 2. The molecular formula is C26H33ClN2O5S. The van der Waals surface area contributed by atoms with Gasteiger partial charge in [0.05, 0.1) is 46.5 Å². The molecule has 2 amide bonds. The molecule has 3 heterocycles. The summed E-state index contributed by atoms with van der Waals surface area (Å²) in [5, 5.41) is 10.6. The molecule has 1 aromatic carbocycles. The molecule has 1 aromatic rings. The number of anilines is 1. The molecule has 2 unspecified atom stereocenters. The minimum absolute atomic E-state index is 0.209. The summed E-state index contributed by atoms with van der Waals surface area (Å²) in [6.45, 7) is 9.62. The number of esters is 1. The van der Waals surface area contributed by atoms with Crippen LogP contribution in [0, 0.1) is 11.8 Å². The number of ether oxygens (including phenoxy) is 1. The Morgan fingerprint density at radius 3 is 2.69 bits per heavy atom. The lowest BCUT2D eigenvalue weighted by molar-refractivity contribution is -0.155. The normalized spacial score (nSPS) is 31.9. The number of fused-ring (bicyclic) bond motifs is 1. The zero-order valence-corrected chi connectivity index (χ0v) is 22.0. The van der Waals surface area contributed by atoms with Crippen molar-refractivity contribution in [2.75, 3.05) is 24.7 Å². The van der Waals surface area contributed by atoms with Gasteiger partial charge < -0.3 is 19.6 Å². The molecule has 0 saturated carbocycles. The molecule has 3 aliphatic heterocycles. The molecule has 0 aliphatic carbocycles. The maximum absolute atomic E-state index is 14.4. The Labute approximate surface area is 215 Å². The van der Waals surface area contributed by atoms with Crippen LogP contribution in [0.2, 0.25) is 5.02 Å². The lowest BCUT2D eigenvalue weighted by atomic mass is 9.66. The number of hydrogen-bond acceptors (Lipinski definition) is 6. The molecule has 190 valence electrons. The molecule has 1 N–H and O–H groups in total. The van der Waals surface area contributed by atoms with Crippen LogP contribution in [-0.4, -0.2) is 69.1 Å². The zero-order valence-electron chi connectivity index (χ0n) is 20.4. The maximum atomic E-state index is 14.4. The third kappa shape index (κ3) is 3.89. The first-order valence-corrected chi connectivity index (χ1v) is 13.4. The van der Waals surface area contributed by atoms with E-state index in [1.165, 1.54) is 0 Å². The van der Waals surface area contributed by atoms with Crippen molar-refractivity contribution in [3.8, 4) is 0 Å². The van der Waals surface area contributed by atoms with E-state index in [4.69, 9.17) is 16.3 Å². The number of aliphatic hydroxyl groups excluding tert-OH is 1. The highest BCUT2D eigenvalue weighted by molar-refractivity contribution is 8.02. The van der Waals surface area contributed by atoms with Crippen molar-refractivity contribution in [1.29, 1.82) is 0 Å². The first-order valence-electron chi connectivity index (χ1n) is 12.2. The van der Waals surface area contributed by atoms with E-state index in [9.17, 15) is 19.5 Å². The summed E-state index contributed by atoms with van der Waals surface area (Å²) >= 11 is 8.06. The van der Waals surface area contributed by atoms with Crippen LogP contribution in [0.4, 0.5) is 5.69 Å². The number of carbonyl (C=O) groups excluding carboxylic acids is 3. The number of halogens is 1. The van der Waals surface area contributed by atoms with E-state index in [1.54, 1.807) is 58.8 Å². The van der Waals surface area contributed by atoms with Crippen molar-refractivity contribution >= 4 is 46.8 Å². The first-order chi connectivity index (χ1) is 16.7. The van der Waals surface area contributed by atoms with Crippen molar-refractivity contribution in [2.24, 2.45) is 11.8 Å². The van der Waals surface area contributed by atoms with Gasteiger partial charge in [-0.1, -0.05) is 36.7 Å². The molecule has 0 radical (unpaired) electrons. The van der Waals surface area contributed by atoms with Crippen LogP contribution in [0.15, 0.2) is 36.9 Å². The fourth-order valence-corrected chi connectivity index (χ4v) is 8.86. The van der Waals surface area contributed by atoms with Gasteiger partial charge in [0.25, 0.3) is 5.91 Å². The number of amides is 2. The third-order valence-electron chi connectivity index (χ3n) is 7.79. The van der Waals surface area contributed by atoms with Crippen LogP contribution >= 0.6 is 23.4 Å². The quantitative estimate of drug-likeness (QED) is 0.395. The lowest BCUT2D eigenvalue weighted by Gasteiger charge is -2.39. The van der Waals surface area contributed by atoms with Gasteiger partial charge in [-0.2, -0.15) is 0 Å². The van der Waals surface area contributed by atoms with Gasteiger partial charge >= 0.3 is 5.97 Å². The van der Waals surface area contributed by atoms with Gasteiger partial charge in [0.1, 0.15) is 6.04 Å². The van der Waals surface area contributed by atoms with Gasteiger partial charge in [0, 0.05) is 11.3 Å². The van der Waals surface area contributed by atoms with E-state index in [2.05, 4.69) is 6.58 Å². The van der Waals surface area contributed by atoms with Crippen LogP contribution in [0.1, 0.15) is 40.0 Å². The first kappa shape index (κ1) is 26.0. The van der Waals surface area contributed by atoms with E-state index in [0.29, 0.717) is 30.0 Å². The van der Waals surface area contributed by atoms with Crippen LogP contribution in [-0.2, 0) is 19.1 Å². The third-order valence-corrected chi connectivity index (χ3v) is 10.1. The van der Waals surface area contributed by atoms with Gasteiger partial charge in [-0.15, -0.1) is 18.3 Å². The summed E-state index contributed by atoms with van der Waals surface area (Å²) in [4.78, 5) is 44.8. The standard InChI is InChI=1S/C26H33ClN2O5S/c1-5-14-28(18-11-9-8-10-17(18)27)23(32)21-26-13-12-25(4,35-26)20(24(33)34-7-3)19(26)22(31)29(21)16(6-2)15-30/h5,8-11,16,19-21,30H,1,6-7,12-15H2,2-4H3/t16-,19-,20+,21?,25-,26?/m0/s1. The second kappa shape index (κ2) is 9.79. The van der Waals surface area contributed by atoms with Crippen molar-refractivity contribution < 1.29 is 24.2 Å². The fraction of sp³-hybridized carbons (Fsp3) is 0.577. The molecule has 3 aliphatic rings. The van der Waals surface area contributed by atoms with Crippen LogP contribution in [0.5, 0.6) is 0 Å². The maximum Gasteiger partial charge on any atom is 0.311 e. The Balaban J connectivity index is 1.86. The predicted molar refractivity (Wildman–Crippen MR) is 137 cm³/mol. The van der Waals surface area contributed by atoms with Gasteiger partial charge in [0.2, 0.25) is 5.91 Å². The van der Waals surface area contributed by atoms with Gasteiger partial charge in [-0.3, -0.25) is 14.4 Å². The van der Waals surface area contributed by atoms with E-state index < -0.39 is 33.4 Å². The molecule has 3 fully saturated rings. The second-order valence-corrected chi connectivity index (χ2v) is 12.0. The molecule has 35 heavy (non-hydrogen) atoms. The SMILES string of the molecule is C=CCN(C(=O)C1N([C@@H](CC)CO)C(=O)[C@@H]2[C@H](C(=O)OCC)[C@]3(C)CCC12S3)c1ccccc1Cl. The number of thioether (sulfide) groups is 1. The number of hydrogen-bond donors (Lipinski definition) is 1. The Hall–Kier alpha value is -2.03. The molecule has 4 rings (SSSR count). The van der Waals surface area contributed by atoms with E-state index in [1.807, 2.05) is 13.8 Å². The number of para-hydroxylation sites is 1. The number of carbonyl (C=O) groups is 3. The van der Waals surface area contributed by atoms with E-state index in [0.717, 1.165) is 0 Å². The zero-order chi connectivity index (χ0) is 25.5. The fourth-order valence-electron chi connectivity index (χ4n) is 6.29. The topological polar surface area (TPSA) is 87.2 Å². The van der Waals surface area contributed by atoms with Crippen LogP contribution in [0.25, 0.3) is 0 Å². The molecule has 1 spiro atoms. The molecule has 6 atom stereocenters. The molecule has 7 nitrogen and oxygen atoms in total. The number of rotatable bonds is 9. The second-order valence-electron chi connectivity index (χ2n) is 9.66. The molecule has 0 aromatic heterocycles. The van der Waals surface area contributed by atoms with Gasteiger partial charge in [-0.25, -0.2) is 0 Å². The largest absolute Gasteiger partial charge is 0.466 e. The Morgan fingerprint density at radius 1 is 1.37 bits per heavy atom. The molecular weight excluding hydrogens is 488 g/mol. The number of aliphatic hydroxyl groups is 1. The smallest absolute Gasteiger partial charge is 0.311 e. The summed E-state index contributed by atoms with van der Waals surface area (Å²) in [5.41, 5.74) is 0.536. The summed E-state index contributed by atoms with van der Waals surface area (Å²) < 4.78 is 4.13. The van der Waals surface area contributed by atoms with E-state index >= 15 is 0 Å². The van der Waals surface area contributed by atoms with Crippen molar-refractivity contribution in [1.82, 2.24) is 4.90 Å². The van der Waals surface area contributed by atoms with Gasteiger partial charge in [0.15, 0.2) is 0 Å². The highest BCUT2D eigenvalue weighted by Gasteiger charge is 2.78. The summed E-state index contributed by atoms with van der Waals surface area (Å²) in [7, 11) is 0. The minimum atomic E-state index is -0.848. The van der Waals surface area contributed by atoms with Crippen molar-refractivity contribution in [3.05, 3.63) is 41.9 Å². The molecule has 3 saturated heterocycles.